The fourth-order valence-corrected chi connectivity index (χ4v) is 11.2. The molecule has 0 heterocycles. The summed E-state index contributed by atoms with van der Waals surface area (Å²) in [7, 11) is -9.91. The van der Waals surface area contributed by atoms with Crippen LogP contribution < -0.4 is 0 Å². The summed E-state index contributed by atoms with van der Waals surface area (Å²) < 4.78 is 68.1. The number of carbonyl (C=O) groups excluding carboxylic acids is 4. The van der Waals surface area contributed by atoms with Gasteiger partial charge < -0.3 is 33.8 Å². The summed E-state index contributed by atoms with van der Waals surface area (Å²) in [4.78, 5) is 72.3. The molecule has 0 aliphatic rings. The number of allylic oxidation sites excluding steroid dienone is 4. The lowest BCUT2D eigenvalue weighted by molar-refractivity contribution is -0.161. The van der Waals surface area contributed by atoms with Crippen LogP contribution in [0, 0.1) is 11.8 Å². The zero-order chi connectivity index (χ0) is 64.3. The van der Waals surface area contributed by atoms with E-state index < -0.39 is 97.5 Å². The molecule has 17 nitrogen and oxygen atoms in total. The quantitative estimate of drug-likeness (QED) is 0.0169. The summed E-state index contributed by atoms with van der Waals surface area (Å²) in [5.74, 6) is -0.662. The van der Waals surface area contributed by atoms with Gasteiger partial charge in [-0.1, -0.05) is 265 Å². The van der Waals surface area contributed by atoms with Gasteiger partial charge in [0.25, 0.3) is 0 Å². The third-order valence-electron chi connectivity index (χ3n) is 15.4. The van der Waals surface area contributed by atoms with Crippen molar-refractivity contribution in [3.63, 3.8) is 0 Å². The van der Waals surface area contributed by atoms with Crippen LogP contribution in [-0.4, -0.2) is 96.7 Å². The Morgan fingerprint density at radius 3 is 1.03 bits per heavy atom. The molecule has 0 aliphatic carbocycles. The molecule has 87 heavy (non-hydrogen) atoms. The maximum Gasteiger partial charge on any atom is 0.472 e. The second-order valence-corrected chi connectivity index (χ2v) is 27.5. The number of unbranched alkanes of at least 4 members (excludes halogenated alkanes) is 31. The Labute approximate surface area is 529 Å². The first kappa shape index (κ1) is 84.5. The van der Waals surface area contributed by atoms with Gasteiger partial charge in [0.15, 0.2) is 12.2 Å². The maximum absolute atomic E-state index is 13.0. The Morgan fingerprint density at radius 2 is 0.678 bits per heavy atom. The molecule has 512 valence electrons. The number of phosphoric ester groups is 2. The van der Waals surface area contributed by atoms with Crippen molar-refractivity contribution in [2.45, 2.75) is 336 Å². The van der Waals surface area contributed by atoms with E-state index in [1.807, 2.05) is 0 Å². The summed E-state index contributed by atoms with van der Waals surface area (Å²) in [5.41, 5.74) is 0. The van der Waals surface area contributed by atoms with Crippen molar-refractivity contribution in [3.05, 3.63) is 24.3 Å². The van der Waals surface area contributed by atoms with Gasteiger partial charge >= 0.3 is 39.5 Å². The van der Waals surface area contributed by atoms with Crippen molar-refractivity contribution in [1.82, 2.24) is 0 Å². The van der Waals surface area contributed by atoms with E-state index in [-0.39, 0.29) is 25.7 Å². The average Bonchev–Trinajstić information content (AvgIpc) is 3.63. The van der Waals surface area contributed by atoms with Gasteiger partial charge in [-0.3, -0.25) is 37.3 Å². The number of hydrogen-bond donors (Lipinski definition) is 3. The molecule has 0 saturated heterocycles. The number of aliphatic hydroxyl groups is 1. The van der Waals surface area contributed by atoms with E-state index in [2.05, 4.69) is 65.8 Å². The molecular formula is C68H128O17P2. The lowest BCUT2D eigenvalue weighted by atomic mass is 9.99. The molecule has 0 aromatic carbocycles. The molecule has 0 bridgehead atoms. The van der Waals surface area contributed by atoms with E-state index in [4.69, 9.17) is 37.0 Å². The Balaban J connectivity index is 5.27. The van der Waals surface area contributed by atoms with E-state index in [0.717, 1.165) is 115 Å². The van der Waals surface area contributed by atoms with Gasteiger partial charge in [-0.2, -0.15) is 0 Å². The van der Waals surface area contributed by atoms with Gasteiger partial charge in [-0.25, -0.2) is 9.13 Å². The van der Waals surface area contributed by atoms with Crippen molar-refractivity contribution in [3.8, 4) is 0 Å². The summed E-state index contributed by atoms with van der Waals surface area (Å²) in [6.07, 6.45) is 46.7. The van der Waals surface area contributed by atoms with Gasteiger partial charge in [0.1, 0.15) is 19.3 Å². The normalized spacial score (nSPS) is 14.7. The lowest BCUT2D eigenvalue weighted by Gasteiger charge is -2.21. The molecule has 19 heteroatoms. The van der Waals surface area contributed by atoms with Crippen molar-refractivity contribution < 1.29 is 80.2 Å². The van der Waals surface area contributed by atoms with Crippen molar-refractivity contribution in [2.75, 3.05) is 39.6 Å². The SMILES string of the molecule is CCCCCC/C=C\C=C/CCCCCCCC(=O)O[C@H](COC(=O)CCCCCCCCCCCCC(C)CC)COP(=O)(O)OC[C@@H](O)COP(=O)(O)OC[C@@H](COC(=O)CCCCCCCCCC)OC(=O)CCCCCCCCCC(C)C. The second-order valence-electron chi connectivity index (χ2n) is 24.6. The lowest BCUT2D eigenvalue weighted by Crippen LogP contribution is -2.30. The molecule has 0 fully saturated rings. The molecule has 3 N–H and O–H groups in total. The molecule has 0 aromatic heterocycles. The largest absolute Gasteiger partial charge is 0.472 e. The second kappa shape index (κ2) is 59.8. The highest BCUT2D eigenvalue weighted by atomic mass is 31.2. The number of phosphoric acid groups is 2. The zero-order valence-electron chi connectivity index (χ0n) is 55.8. The van der Waals surface area contributed by atoms with E-state index in [1.54, 1.807) is 0 Å². The van der Waals surface area contributed by atoms with E-state index in [1.165, 1.54) is 116 Å². The highest BCUT2D eigenvalue weighted by Gasteiger charge is 2.30. The van der Waals surface area contributed by atoms with E-state index in [9.17, 15) is 43.2 Å². The number of esters is 4. The topological polar surface area (TPSA) is 237 Å². The molecular weight excluding hydrogens is 1150 g/mol. The monoisotopic (exact) mass is 1280 g/mol. The van der Waals surface area contributed by atoms with Crippen LogP contribution in [0.15, 0.2) is 24.3 Å². The van der Waals surface area contributed by atoms with Crippen LogP contribution in [0.1, 0.15) is 318 Å². The van der Waals surface area contributed by atoms with Crippen LogP contribution in [0.3, 0.4) is 0 Å². The van der Waals surface area contributed by atoms with Gasteiger partial charge in [-0.05, 0) is 63.2 Å². The standard InChI is InChI=1S/C68H128O17P2/c1-7-10-12-14-16-18-19-20-21-22-23-28-34-40-46-52-67(72)84-63(57-79-66(71)51-45-39-33-27-25-24-26-31-37-43-49-61(6)9-3)58-82-86(74,75)80-54-62(69)55-81-87(76,77)83-59-64(56-78-65(70)50-44-38-32-17-15-13-11-8-2)85-68(73)53-47-41-35-29-30-36-42-48-60(4)5/h18-21,60-64,69H,7-17,22-59H2,1-6H3,(H,74,75)(H,76,77)/b19-18-,21-20-/t61?,62-,63-,64-/m1/s1. The minimum Gasteiger partial charge on any atom is -0.462 e. The van der Waals surface area contributed by atoms with Gasteiger partial charge in [0, 0.05) is 25.7 Å². The summed E-state index contributed by atoms with van der Waals surface area (Å²) in [6.45, 7) is 9.39. The number of aliphatic hydroxyl groups excluding tert-OH is 1. The van der Waals surface area contributed by atoms with Crippen molar-refractivity contribution in [2.24, 2.45) is 11.8 Å². The van der Waals surface area contributed by atoms with Gasteiger partial charge in [0.2, 0.25) is 0 Å². The fraction of sp³-hybridized carbons (Fsp3) is 0.882. The first-order chi connectivity index (χ1) is 41.9. The van der Waals surface area contributed by atoms with Crippen molar-refractivity contribution in [1.29, 1.82) is 0 Å². The third kappa shape index (κ3) is 60.9. The molecule has 0 amide bonds. The zero-order valence-corrected chi connectivity index (χ0v) is 57.6. The van der Waals surface area contributed by atoms with Gasteiger partial charge in [0.05, 0.1) is 26.4 Å². The first-order valence-electron chi connectivity index (χ1n) is 34.8. The molecule has 0 spiro atoms. The maximum atomic E-state index is 13.0. The van der Waals surface area contributed by atoms with Gasteiger partial charge in [-0.15, -0.1) is 0 Å². The van der Waals surface area contributed by atoms with E-state index in [0.29, 0.717) is 31.6 Å². The Hall–Kier alpha value is -2.46. The van der Waals surface area contributed by atoms with E-state index >= 15 is 0 Å². The summed E-state index contributed by atoms with van der Waals surface area (Å²) >= 11 is 0. The smallest absolute Gasteiger partial charge is 0.462 e. The molecule has 3 unspecified atom stereocenters. The Kier molecular flexibility index (Phi) is 58.1. The molecule has 0 aromatic rings. The Morgan fingerprint density at radius 1 is 0.379 bits per heavy atom. The minimum atomic E-state index is -4.96. The molecule has 0 radical (unpaired) electrons. The number of hydrogen-bond acceptors (Lipinski definition) is 15. The van der Waals surface area contributed by atoms with Crippen LogP contribution >= 0.6 is 15.6 Å². The number of carbonyl (C=O) groups is 4. The Bertz CT molecular complexity index is 1800. The van der Waals surface area contributed by atoms with Crippen LogP contribution in [-0.2, 0) is 65.4 Å². The van der Waals surface area contributed by atoms with Crippen LogP contribution in [0.4, 0.5) is 0 Å². The number of ether oxygens (including phenoxy) is 4. The fourth-order valence-electron chi connectivity index (χ4n) is 9.67. The van der Waals surface area contributed by atoms with Crippen LogP contribution in [0.2, 0.25) is 0 Å². The van der Waals surface area contributed by atoms with Crippen LogP contribution in [0.5, 0.6) is 0 Å². The average molecular weight is 1280 g/mol. The predicted molar refractivity (Wildman–Crippen MR) is 349 cm³/mol. The highest BCUT2D eigenvalue weighted by Crippen LogP contribution is 2.45. The molecule has 6 atom stereocenters. The highest BCUT2D eigenvalue weighted by molar-refractivity contribution is 7.47. The first-order valence-corrected chi connectivity index (χ1v) is 37.8. The minimum absolute atomic E-state index is 0.0845. The third-order valence-corrected chi connectivity index (χ3v) is 17.3. The van der Waals surface area contributed by atoms with Crippen molar-refractivity contribution >= 4 is 39.5 Å². The predicted octanol–water partition coefficient (Wildman–Crippen LogP) is 18.8. The van der Waals surface area contributed by atoms with Crippen LogP contribution in [0.25, 0.3) is 0 Å². The molecule has 0 aliphatic heterocycles. The molecule has 0 saturated carbocycles. The summed E-state index contributed by atoms with van der Waals surface area (Å²) in [5, 5.41) is 10.6. The number of rotatable bonds is 65. The summed E-state index contributed by atoms with van der Waals surface area (Å²) in [6, 6.07) is 0. The molecule has 0 rings (SSSR count).